The van der Waals surface area contributed by atoms with Gasteiger partial charge in [0.15, 0.2) is 0 Å². The van der Waals surface area contributed by atoms with E-state index in [4.69, 9.17) is 10.6 Å². The summed E-state index contributed by atoms with van der Waals surface area (Å²) in [6.45, 7) is 10.9. The molecule has 0 aliphatic rings. The van der Waals surface area contributed by atoms with E-state index in [-0.39, 0.29) is 0 Å². The van der Waals surface area contributed by atoms with Gasteiger partial charge in [0.1, 0.15) is 11.8 Å². The Morgan fingerprint density at radius 3 is 2.06 bits per heavy atom. The van der Waals surface area contributed by atoms with E-state index in [9.17, 15) is 9.59 Å². The topological polar surface area (TPSA) is 84.7 Å². The maximum atomic E-state index is 11.6. The van der Waals surface area contributed by atoms with Crippen molar-refractivity contribution in [2.45, 2.75) is 53.3 Å². The molecule has 1 atom stereocenters. The third kappa shape index (κ3) is 6.11. The number of nitrogens with zero attached hydrogens (tertiary/aromatic N) is 1. The van der Waals surface area contributed by atoms with Gasteiger partial charge >= 0.3 is 6.09 Å². The fourth-order valence-electron chi connectivity index (χ4n) is 1.22. The van der Waals surface area contributed by atoms with Crippen molar-refractivity contribution in [3.05, 3.63) is 0 Å². The van der Waals surface area contributed by atoms with Crippen LogP contribution in [0.15, 0.2) is 0 Å². The number of alkyl carbamates (subject to hydrolysis) is 1. The van der Waals surface area contributed by atoms with Gasteiger partial charge < -0.3 is 4.74 Å². The minimum Gasteiger partial charge on any atom is -0.444 e. The third-order valence-corrected chi connectivity index (χ3v) is 1.89. The molecule has 0 spiro atoms. The fraction of sp³-hybridized carbons (Fsp3) is 0.818. The summed E-state index contributed by atoms with van der Waals surface area (Å²) in [5.41, 5.74) is -0.986. The van der Waals surface area contributed by atoms with Gasteiger partial charge in [0.05, 0.1) is 0 Å². The third-order valence-electron chi connectivity index (χ3n) is 1.89. The number of nitrogens with one attached hydrogen (secondary N) is 1. The van der Waals surface area contributed by atoms with Crippen LogP contribution in [-0.4, -0.2) is 29.3 Å². The molecule has 0 radical (unpaired) electrons. The largest absolute Gasteiger partial charge is 0.444 e. The number of rotatable bonds is 3. The van der Waals surface area contributed by atoms with Crippen LogP contribution in [0.25, 0.3) is 0 Å². The van der Waals surface area contributed by atoms with Gasteiger partial charge in [-0.1, -0.05) is 20.8 Å². The van der Waals surface area contributed by atoms with Crippen LogP contribution in [0.3, 0.4) is 0 Å². The number of hydrogen-bond donors (Lipinski definition) is 2. The van der Waals surface area contributed by atoms with Gasteiger partial charge in [-0.25, -0.2) is 10.6 Å². The Balaban J connectivity index is 4.67. The maximum Gasteiger partial charge on any atom is 0.409 e. The van der Waals surface area contributed by atoms with E-state index >= 15 is 0 Å². The lowest BCUT2D eigenvalue weighted by Gasteiger charge is -2.36. The van der Waals surface area contributed by atoms with Crippen molar-refractivity contribution < 1.29 is 14.3 Å². The van der Waals surface area contributed by atoms with Crippen LogP contribution in [0, 0.1) is 5.41 Å². The first kappa shape index (κ1) is 15.7. The van der Waals surface area contributed by atoms with E-state index in [2.05, 4.69) is 5.32 Å². The van der Waals surface area contributed by atoms with E-state index in [0.717, 1.165) is 5.01 Å². The standard InChI is InChI=1S/C11H23N3O3/c1-10(2,3)8(14(12)7-15)13-9(16)17-11(4,5)6/h7-8H,12H2,1-6H3,(H,13,16)/t8-/m0/s1. The highest BCUT2D eigenvalue weighted by Gasteiger charge is 2.31. The monoisotopic (exact) mass is 245 g/mol. The van der Waals surface area contributed by atoms with Crippen LogP contribution >= 0.6 is 0 Å². The van der Waals surface area contributed by atoms with E-state index in [1.807, 2.05) is 20.8 Å². The second-order valence-electron chi connectivity index (χ2n) is 5.97. The van der Waals surface area contributed by atoms with Gasteiger partial charge in [0.25, 0.3) is 0 Å². The second-order valence-corrected chi connectivity index (χ2v) is 5.97. The quantitative estimate of drug-likeness (QED) is 0.257. The summed E-state index contributed by atoms with van der Waals surface area (Å²) in [4.78, 5) is 22.3. The first-order chi connectivity index (χ1) is 7.47. The summed E-state index contributed by atoms with van der Waals surface area (Å²) >= 11 is 0. The summed E-state index contributed by atoms with van der Waals surface area (Å²) in [7, 11) is 0. The number of carbonyl (C=O) groups is 2. The lowest BCUT2D eigenvalue weighted by molar-refractivity contribution is -0.123. The van der Waals surface area contributed by atoms with Gasteiger partial charge in [-0.05, 0) is 20.8 Å². The predicted molar refractivity (Wildman–Crippen MR) is 64.7 cm³/mol. The Kier molecular flexibility index (Phi) is 4.94. The Labute approximate surface area is 102 Å². The molecule has 0 saturated carbocycles. The molecule has 0 aromatic heterocycles. The second kappa shape index (κ2) is 5.35. The maximum absolute atomic E-state index is 11.6. The molecule has 0 bridgehead atoms. The smallest absolute Gasteiger partial charge is 0.409 e. The molecule has 0 rings (SSSR count). The number of amides is 2. The van der Waals surface area contributed by atoms with Crippen molar-refractivity contribution in [1.29, 1.82) is 0 Å². The summed E-state index contributed by atoms with van der Waals surface area (Å²) in [5.74, 6) is 5.51. The predicted octanol–water partition coefficient (Wildman–Crippen LogP) is 1.22. The van der Waals surface area contributed by atoms with Crippen molar-refractivity contribution in [2.75, 3.05) is 0 Å². The van der Waals surface area contributed by atoms with E-state index in [1.165, 1.54) is 0 Å². The Hall–Kier alpha value is -1.30. The molecule has 6 nitrogen and oxygen atoms in total. The molecule has 0 fully saturated rings. The Morgan fingerprint density at radius 2 is 1.76 bits per heavy atom. The number of hydrazine groups is 1. The normalized spacial score (nSPS) is 13.8. The molecule has 0 aliphatic carbocycles. The summed E-state index contributed by atoms with van der Waals surface area (Å²) in [6, 6.07) is 0. The van der Waals surface area contributed by atoms with Crippen LogP contribution in [0.2, 0.25) is 0 Å². The zero-order chi connectivity index (χ0) is 13.9. The minimum absolute atomic E-state index is 0.396. The number of hydrogen-bond acceptors (Lipinski definition) is 4. The average Bonchev–Trinajstić information content (AvgIpc) is 2.08. The van der Waals surface area contributed by atoms with Crippen molar-refractivity contribution >= 4 is 12.5 Å². The lowest BCUT2D eigenvalue weighted by atomic mass is 9.92. The molecule has 0 saturated heterocycles. The molecule has 0 aromatic rings. The summed E-state index contributed by atoms with van der Waals surface area (Å²) < 4.78 is 5.11. The fourth-order valence-corrected chi connectivity index (χ4v) is 1.22. The van der Waals surface area contributed by atoms with E-state index in [0.29, 0.717) is 6.41 Å². The highest BCUT2D eigenvalue weighted by atomic mass is 16.6. The highest BCUT2D eigenvalue weighted by molar-refractivity contribution is 5.68. The average molecular weight is 245 g/mol. The molecule has 17 heavy (non-hydrogen) atoms. The zero-order valence-corrected chi connectivity index (χ0v) is 11.4. The van der Waals surface area contributed by atoms with Gasteiger partial charge in [0.2, 0.25) is 6.41 Å². The molecule has 0 aliphatic heterocycles. The summed E-state index contributed by atoms with van der Waals surface area (Å²) in [5, 5.41) is 3.49. The molecular weight excluding hydrogens is 222 g/mol. The van der Waals surface area contributed by atoms with Gasteiger partial charge in [-0.15, -0.1) is 0 Å². The molecule has 6 heteroatoms. The number of carbonyl (C=O) groups excluding carboxylic acids is 2. The molecule has 0 unspecified atom stereocenters. The lowest BCUT2D eigenvalue weighted by Crippen LogP contribution is -2.58. The van der Waals surface area contributed by atoms with Gasteiger partial charge in [-0.2, -0.15) is 0 Å². The molecule has 0 heterocycles. The van der Waals surface area contributed by atoms with Gasteiger partial charge in [-0.3, -0.25) is 15.1 Å². The van der Waals surface area contributed by atoms with Crippen molar-refractivity contribution in [1.82, 2.24) is 10.3 Å². The molecule has 2 amide bonds. The minimum atomic E-state index is -0.630. The first-order valence-corrected chi connectivity index (χ1v) is 5.45. The Morgan fingerprint density at radius 1 is 1.29 bits per heavy atom. The van der Waals surface area contributed by atoms with E-state index in [1.54, 1.807) is 20.8 Å². The van der Waals surface area contributed by atoms with Crippen LogP contribution in [0.1, 0.15) is 41.5 Å². The van der Waals surface area contributed by atoms with Crippen LogP contribution < -0.4 is 11.2 Å². The molecule has 100 valence electrons. The van der Waals surface area contributed by atoms with Crippen LogP contribution in [0.4, 0.5) is 4.79 Å². The molecular formula is C11H23N3O3. The van der Waals surface area contributed by atoms with Crippen molar-refractivity contribution in [3.8, 4) is 0 Å². The number of ether oxygens (including phenoxy) is 1. The zero-order valence-electron chi connectivity index (χ0n) is 11.4. The molecule has 3 N–H and O–H groups in total. The van der Waals surface area contributed by atoms with E-state index < -0.39 is 23.3 Å². The number of nitrogens with two attached hydrogens (primary N) is 1. The first-order valence-electron chi connectivity index (χ1n) is 5.45. The summed E-state index contributed by atoms with van der Waals surface area (Å²) in [6.07, 6.45) is -0.766. The van der Waals surface area contributed by atoms with Crippen molar-refractivity contribution in [3.63, 3.8) is 0 Å². The van der Waals surface area contributed by atoms with Crippen LogP contribution in [0.5, 0.6) is 0 Å². The highest BCUT2D eigenvalue weighted by Crippen LogP contribution is 2.20. The van der Waals surface area contributed by atoms with Gasteiger partial charge in [0, 0.05) is 5.41 Å². The molecule has 0 aromatic carbocycles. The van der Waals surface area contributed by atoms with Crippen LogP contribution in [-0.2, 0) is 9.53 Å². The SMILES string of the molecule is CC(C)(C)OC(=O)N[C@@H](N(N)C=O)C(C)(C)C. The van der Waals surface area contributed by atoms with Crippen molar-refractivity contribution in [2.24, 2.45) is 11.3 Å². The Bertz CT molecular complexity index is 279.